The van der Waals surface area contributed by atoms with E-state index in [0.717, 1.165) is 4.68 Å². The van der Waals surface area contributed by atoms with E-state index < -0.39 is 17.8 Å². The second-order valence-electron chi connectivity index (χ2n) is 4.23. The molecule has 2 aromatic rings. The molecular formula is C13H12N4O4. The normalized spacial score (nSPS) is 10.1. The van der Waals surface area contributed by atoms with E-state index in [-0.39, 0.29) is 17.9 Å². The van der Waals surface area contributed by atoms with E-state index in [0.29, 0.717) is 5.56 Å². The highest BCUT2D eigenvalue weighted by Crippen LogP contribution is 2.03. The van der Waals surface area contributed by atoms with E-state index in [1.165, 1.54) is 6.92 Å². The van der Waals surface area contributed by atoms with Crippen molar-refractivity contribution in [3.8, 4) is 0 Å². The topological polar surface area (TPSA) is 114 Å². The van der Waals surface area contributed by atoms with E-state index in [1.54, 1.807) is 30.3 Å². The van der Waals surface area contributed by atoms with Crippen LogP contribution in [0.25, 0.3) is 0 Å². The molecule has 21 heavy (non-hydrogen) atoms. The number of nitrogens with zero attached hydrogens (tertiary/aromatic N) is 3. The van der Waals surface area contributed by atoms with Crippen LogP contribution in [0, 0.1) is 6.92 Å². The van der Waals surface area contributed by atoms with E-state index >= 15 is 0 Å². The molecule has 0 aliphatic heterocycles. The van der Waals surface area contributed by atoms with Crippen molar-refractivity contribution in [1.82, 2.24) is 20.3 Å². The van der Waals surface area contributed by atoms with E-state index in [1.807, 2.05) is 0 Å². The molecule has 0 aliphatic rings. The van der Waals surface area contributed by atoms with Gasteiger partial charge in [-0.2, -0.15) is 0 Å². The van der Waals surface area contributed by atoms with Crippen molar-refractivity contribution in [3.05, 3.63) is 47.3 Å². The van der Waals surface area contributed by atoms with Crippen molar-refractivity contribution >= 4 is 17.8 Å². The Morgan fingerprint density at radius 3 is 2.48 bits per heavy atom. The lowest BCUT2D eigenvalue weighted by molar-refractivity contribution is -0.120. The molecule has 8 nitrogen and oxygen atoms in total. The van der Waals surface area contributed by atoms with Crippen LogP contribution in [-0.2, 0) is 11.3 Å². The second kappa shape index (κ2) is 5.95. The van der Waals surface area contributed by atoms with Gasteiger partial charge in [0.15, 0.2) is 5.69 Å². The first-order valence-corrected chi connectivity index (χ1v) is 6.01. The smallest absolute Gasteiger partial charge is 0.358 e. The first kappa shape index (κ1) is 14.4. The average molecular weight is 288 g/mol. The summed E-state index contributed by atoms with van der Waals surface area (Å²) in [6.45, 7) is 1.19. The average Bonchev–Trinajstić information content (AvgIpc) is 2.81. The molecule has 0 spiro atoms. The summed E-state index contributed by atoms with van der Waals surface area (Å²) >= 11 is 0. The molecule has 0 radical (unpaired) electrons. The lowest BCUT2D eigenvalue weighted by Gasteiger charge is -2.05. The summed E-state index contributed by atoms with van der Waals surface area (Å²) in [7, 11) is 0. The molecule has 0 bridgehead atoms. The number of carbonyl (C=O) groups excluding carboxylic acids is 2. The third-order valence-corrected chi connectivity index (χ3v) is 2.77. The summed E-state index contributed by atoms with van der Waals surface area (Å²) in [5, 5.41) is 18.1. The first-order chi connectivity index (χ1) is 9.99. The second-order valence-corrected chi connectivity index (χ2v) is 4.23. The number of carboxylic acids is 1. The number of amides is 2. The van der Waals surface area contributed by atoms with Gasteiger partial charge in [-0.25, -0.2) is 9.48 Å². The van der Waals surface area contributed by atoms with E-state index in [2.05, 4.69) is 15.6 Å². The standard InChI is InChI=1S/C13H12N4O4/c1-8-11(13(20)21)15-16-17(8)7-10(18)14-12(19)9-5-3-2-4-6-9/h2-6H,7H2,1H3,(H,20,21)(H,14,18,19). The van der Waals surface area contributed by atoms with Gasteiger partial charge in [0.05, 0.1) is 5.69 Å². The van der Waals surface area contributed by atoms with Crippen molar-refractivity contribution < 1.29 is 19.5 Å². The Balaban J connectivity index is 2.02. The van der Waals surface area contributed by atoms with Gasteiger partial charge in [0.1, 0.15) is 6.54 Å². The molecule has 0 aliphatic carbocycles. The number of rotatable bonds is 4. The zero-order chi connectivity index (χ0) is 15.4. The van der Waals surface area contributed by atoms with Gasteiger partial charge in [-0.05, 0) is 19.1 Å². The maximum Gasteiger partial charge on any atom is 0.358 e. The quantitative estimate of drug-likeness (QED) is 0.833. The highest BCUT2D eigenvalue weighted by atomic mass is 16.4. The Kier molecular flexibility index (Phi) is 4.07. The molecule has 108 valence electrons. The number of imide groups is 1. The van der Waals surface area contributed by atoms with Crippen LogP contribution >= 0.6 is 0 Å². The Labute approximate surface area is 119 Å². The highest BCUT2D eigenvalue weighted by Gasteiger charge is 2.17. The lowest BCUT2D eigenvalue weighted by Crippen LogP contribution is -2.33. The van der Waals surface area contributed by atoms with Crippen LogP contribution < -0.4 is 5.32 Å². The van der Waals surface area contributed by atoms with Gasteiger partial charge in [0.2, 0.25) is 5.91 Å². The Morgan fingerprint density at radius 2 is 1.90 bits per heavy atom. The SMILES string of the molecule is Cc1c(C(=O)O)nnn1CC(=O)NC(=O)c1ccccc1. The van der Waals surface area contributed by atoms with Crippen LogP contribution in [0.5, 0.6) is 0 Å². The number of aromatic carboxylic acids is 1. The number of hydrogen-bond acceptors (Lipinski definition) is 5. The summed E-state index contributed by atoms with van der Waals surface area (Å²) in [6, 6.07) is 8.27. The largest absolute Gasteiger partial charge is 0.476 e. The molecule has 2 N–H and O–H groups in total. The van der Waals surface area contributed by atoms with Gasteiger partial charge in [-0.15, -0.1) is 5.10 Å². The van der Waals surface area contributed by atoms with Gasteiger partial charge in [-0.3, -0.25) is 14.9 Å². The number of nitrogens with one attached hydrogen (secondary N) is 1. The molecule has 0 atom stereocenters. The fourth-order valence-electron chi connectivity index (χ4n) is 1.67. The van der Waals surface area contributed by atoms with Crippen molar-refractivity contribution in [2.24, 2.45) is 0 Å². The van der Waals surface area contributed by atoms with Gasteiger partial charge >= 0.3 is 5.97 Å². The third kappa shape index (κ3) is 3.30. The molecule has 2 rings (SSSR count). The maximum absolute atomic E-state index is 11.8. The van der Waals surface area contributed by atoms with Gasteiger partial charge < -0.3 is 5.11 Å². The van der Waals surface area contributed by atoms with Crippen LogP contribution in [-0.4, -0.2) is 37.9 Å². The zero-order valence-corrected chi connectivity index (χ0v) is 11.1. The lowest BCUT2D eigenvalue weighted by atomic mass is 10.2. The van der Waals surface area contributed by atoms with Crippen molar-refractivity contribution in [2.45, 2.75) is 13.5 Å². The number of aromatic nitrogens is 3. The minimum absolute atomic E-state index is 0.225. The van der Waals surface area contributed by atoms with Gasteiger partial charge in [0, 0.05) is 5.56 Å². The zero-order valence-electron chi connectivity index (χ0n) is 11.1. The van der Waals surface area contributed by atoms with Crippen molar-refractivity contribution in [2.75, 3.05) is 0 Å². The maximum atomic E-state index is 11.8. The molecule has 8 heteroatoms. The summed E-state index contributed by atoms with van der Waals surface area (Å²) in [4.78, 5) is 34.3. The minimum Gasteiger partial charge on any atom is -0.476 e. The number of benzene rings is 1. The van der Waals surface area contributed by atoms with Gasteiger partial charge in [0.25, 0.3) is 5.91 Å². The molecule has 2 amide bonds. The van der Waals surface area contributed by atoms with Crippen molar-refractivity contribution in [3.63, 3.8) is 0 Å². The summed E-state index contributed by atoms with van der Waals surface area (Å²) in [6.07, 6.45) is 0. The molecular weight excluding hydrogens is 276 g/mol. The van der Waals surface area contributed by atoms with E-state index in [4.69, 9.17) is 5.11 Å². The molecule has 1 heterocycles. The van der Waals surface area contributed by atoms with Crippen molar-refractivity contribution in [1.29, 1.82) is 0 Å². The Hall–Kier alpha value is -3.03. The fourth-order valence-corrected chi connectivity index (χ4v) is 1.67. The molecule has 1 aromatic carbocycles. The van der Waals surface area contributed by atoms with E-state index in [9.17, 15) is 14.4 Å². The van der Waals surface area contributed by atoms with Crippen LogP contribution in [0.1, 0.15) is 26.5 Å². The molecule has 1 aromatic heterocycles. The molecule has 0 fully saturated rings. The number of hydrogen-bond donors (Lipinski definition) is 2. The summed E-state index contributed by atoms with van der Waals surface area (Å²) in [5.74, 6) is -2.36. The van der Waals surface area contributed by atoms with Crippen LogP contribution in [0.2, 0.25) is 0 Å². The van der Waals surface area contributed by atoms with Crippen LogP contribution in [0.3, 0.4) is 0 Å². The monoisotopic (exact) mass is 288 g/mol. The molecule has 0 saturated carbocycles. The summed E-state index contributed by atoms with van der Waals surface area (Å²) < 4.78 is 1.12. The highest BCUT2D eigenvalue weighted by molar-refractivity contribution is 6.04. The third-order valence-electron chi connectivity index (χ3n) is 2.77. The Bertz CT molecular complexity index is 693. The van der Waals surface area contributed by atoms with Gasteiger partial charge in [-0.1, -0.05) is 23.4 Å². The predicted molar refractivity (Wildman–Crippen MR) is 70.6 cm³/mol. The number of carboxylic acid groups (broad SMARTS) is 1. The predicted octanol–water partition coefficient (Wildman–Crippen LogP) is 0.241. The summed E-state index contributed by atoms with van der Waals surface area (Å²) in [5.41, 5.74) is 0.370. The Morgan fingerprint density at radius 1 is 1.24 bits per heavy atom. The number of carbonyl (C=O) groups is 3. The molecule has 0 unspecified atom stereocenters. The fraction of sp³-hybridized carbons (Fsp3) is 0.154. The van der Waals surface area contributed by atoms with Crippen LogP contribution in [0.4, 0.5) is 0 Å². The van der Waals surface area contributed by atoms with Crippen LogP contribution in [0.15, 0.2) is 30.3 Å². The molecule has 0 saturated heterocycles. The minimum atomic E-state index is -1.22. The first-order valence-electron chi connectivity index (χ1n) is 6.01.